The molecule has 0 aromatic rings. The van der Waals surface area contributed by atoms with E-state index in [9.17, 15) is 0 Å². The van der Waals surface area contributed by atoms with Crippen molar-refractivity contribution in [2.24, 2.45) is 0 Å². The first-order valence-corrected chi connectivity index (χ1v) is 7.12. The zero-order chi connectivity index (χ0) is 3.58. The Kier molecular flexibility index (Phi) is 52.8. The van der Waals surface area contributed by atoms with Crippen LogP contribution in [-0.2, 0) is 13.0 Å². The van der Waals surface area contributed by atoms with Crippen LogP contribution in [0.1, 0.15) is 0 Å². The molecule has 0 aromatic carbocycles. The molecule has 0 aliphatic rings. The first-order valence-electron chi connectivity index (χ1n) is 0.401. The number of halogens is 3. The van der Waals surface area contributed by atoms with E-state index in [0.717, 1.165) is 0 Å². The molecule has 53 valence electrons. The van der Waals surface area contributed by atoms with Gasteiger partial charge in [-0.15, -0.1) is 0 Å². The van der Waals surface area contributed by atoms with Gasteiger partial charge in [-0.1, -0.05) is 0 Å². The summed E-state index contributed by atoms with van der Waals surface area (Å²) in [5, 5.41) is 0. The van der Waals surface area contributed by atoms with Crippen LogP contribution in [0.3, 0.4) is 0 Å². The van der Waals surface area contributed by atoms with Crippen LogP contribution in [-0.4, -0.2) is 0 Å². The summed E-state index contributed by atoms with van der Waals surface area (Å²) in [6, 6.07) is 0. The summed E-state index contributed by atoms with van der Waals surface area (Å²) >= 11 is -1.75. The summed E-state index contributed by atoms with van der Waals surface area (Å²) in [5.74, 6) is 0. The quantitative estimate of drug-likeness (QED) is 0.458. The van der Waals surface area contributed by atoms with Crippen LogP contribution < -0.4 is 0 Å². The molecule has 0 fully saturated rings. The van der Waals surface area contributed by atoms with Gasteiger partial charge in [0.05, 0.1) is 0 Å². The predicted octanol–water partition coefficient (Wildman–Crippen LogP) is 3.42. The third kappa shape index (κ3) is 101. The van der Waals surface area contributed by atoms with Crippen LogP contribution in [0.4, 0.5) is 0 Å². The van der Waals surface area contributed by atoms with Gasteiger partial charge >= 0.3 is 42.1 Å². The van der Waals surface area contributed by atoms with Crippen molar-refractivity contribution >= 4 is 29.1 Å². The minimum absolute atomic E-state index is 0. The molecule has 0 amide bonds. The molecule has 0 aliphatic carbocycles. The molecule has 4 heteroatoms. The second-order valence-corrected chi connectivity index (χ2v) is 8.07. The molecule has 0 bridgehead atoms. The third-order valence-corrected chi connectivity index (χ3v) is 0. The average molecular weight is 253 g/mol. The fourth-order valence-corrected chi connectivity index (χ4v) is 0. The zero-order valence-corrected chi connectivity index (χ0v) is 8.49. The van der Waals surface area contributed by atoms with Gasteiger partial charge in [-0.05, 0) is 0 Å². The first-order chi connectivity index (χ1) is 1.73. The van der Waals surface area contributed by atoms with E-state index >= 15 is 0 Å². The maximum absolute atomic E-state index is 4.95. The van der Waals surface area contributed by atoms with E-state index < -0.39 is 13.0 Å². The van der Waals surface area contributed by atoms with E-state index in [-0.39, 0.29) is 22.3 Å². The predicted molar refractivity (Wildman–Crippen MR) is 36.8 cm³/mol. The summed E-state index contributed by atoms with van der Waals surface area (Å²) in [5.41, 5.74) is 0. The SMILES string of the molecule is [CH3-].[CH3-].[CH3-].[Cl][Ru]([Cl])[Cl]. The summed E-state index contributed by atoms with van der Waals surface area (Å²) in [4.78, 5) is 0. The van der Waals surface area contributed by atoms with Gasteiger partial charge in [-0.3, -0.25) is 0 Å². The maximum atomic E-state index is 4.95. The van der Waals surface area contributed by atoms with E-state index in [0.29, 0.717) is 0 Å². The van der Waals surface area contributed by atoms with E-state index in [2.05, 4.69) is 0 Å². The van der Waals surface area contributed by atoms with Gasteiger partial charge in [0.15, 0.2) is 0 Å². The summed E-state index contributed by atoms with van der Waals surface area (Å²) < 4.78 is 0. The molecular formula is C3H9Cl3Ru-3. The van der Waals surface area contributed by atoms with Gasteiger partial charge < -0.3 is 22.3 Å². The minimum atomic E-state index is -1.75. The first kappa shape index (κ1) is 23.6. The van der Waals surface area contributed by atoms with Crippen molar-refractivity contribution in [2.75, 3.05) is 0 Å². The van der Waals surface area contributed by atoms with Crippen LogP contribution >= 0.6 is 29.1 Å². The van der Waals surface area contributed by atoms with Crippen molar-refractivity contribution in [1.29, 1.82) is 0 Å². The van der Waals surface area contributed by atoms with Crippen molar-refractivity contribution in [3.05, 3.63) is 22.3 Å². The molecule has 0 unspecified atom stereocenters. The van der Waals surface area contributed by atoms with Gasteiger partial charge in [0.2, 0.25) is 0 Å². The van der Waals surface area contributed by atoms with Crippen molar-refractivity contribution in [2.45, 2.75) is 0 Å². The molecule has 0 nitrogen and oxygen atoms in total. The molecule has 0 aliphatic heterocycles. The van der Waals surface area contributed by atoms with Crippen LogP contribution in [0.15, 0.2) is 0 Å². The topological polar surface area (TPSA) is 0 Å². The standard InChI is InChI=1S/3CH3.3ClH.Ru/h3*1H3;3*1H;/q3*-1;;;;+3/p-3. The van der Waals surface area contributed by atoms with E-state index in [1.165, 1.54) is 0 Å². The Labute approximate surface area is 64.2 Å². The van der Waals surface area contributed by atoms with E-state index in [1.54, 1.807) is 0 Å². The molecule has 0 spiro atoms. The molecule has 0 heterocycles. The normalized spacial score (nSPS) is 6.43. The van der Waals surface area contributed by atoms with E-state index in [4.69, 9.17) is 29.1 Å². The number of rotatable bonds is 0. The average Bonchev–Trinajstić information content (AvgIpc) is 0.811. The molecule has 0 saturated heterocycles. The monoisotopic (exact) mass is 252 g/mol. The number of hydrogen-bond donors (Lipinski definition) is 0. The summed E-state index contributed by atoms with van der Waals surface area (Å²) in [7, 11) is 14.8. The Morgan fingerprint density at radius 1 is 0.714 bits per heavy atom. The Morgan fingerprint density at radius 3 is 0.714 bits per heavy atom. The van der Waals surface area contributed by atoms with Crippen molar-refractivity contribution in [3.63, 3.8) is 0 Å². The Balaban J connectivity index is -0.0000000150. The Bertz CT molecular complexity index is 14.9. The fourth-order valence-electron chi connectivity index (χ4n) is 0. The van der Waals surface area contributed by atoms with Crippen molar-refractivity contribution in [3.8, 4) is 0 Å². The van der Waals surface area contributed by atoms with Gasteiger partial charge in [0.25, 0.3) is 0 Å². The summed E-state index contributed by atoms with van der Waals surface area (Å²) in [6.07, 6.45) is 0. The second-order valence-electron chi connectivity index (χ2n) is 0.152. The Morgan fingerprint density at radius 2 is 0.714 bits per heavy atom. The molecule has 0 radical (unpaired) electrons. The fraction of sp³-hybridized carbons (Fsp3) is 0. The van der Waals surface area contributed by atoms with Crippen molar-refractivity contribution in [1.82, 2.24) is 0 Å². The van der Waals surface area contributed by atoms with Gasteiger partial charge in [-0.25, -0.2) is 0 Å². The molecule has 0 N–H and O–H groups in total. The Hall–Kier alpha value is 1.49. The van der Waals surface area contributed by atoms with Crippen LogP contribution in [0.5, 0.6) is 0 Å². The van der Waals surface area contributed by atoms with E-state index in [1.807, 2.05) is 0 Å². The zero-order valence-electron chi connectivity index (χ0n) is 4.49. The van der Waals surface area contributed by atoms with Gasteiger partial charge in [0, 0.05) is 0 Å². The van der Waals surface area contributed by atoms with Gasteiger partial charge in [-0.2, -0.15) is 0 Å². The third-order valence-electron chi connectivity index (χ3n) is 0. The molecule has 0 rings (SSSR count). The molecule has 0 aromatic heterocycles. The van der Waals surface area contributed by atoms with Crippen LogP contribution in [0.2, 0.25) is 0 Å². The van der Waals surface area contributed by atoms with Gasteiger partial charge in [0.1, 0.15) is 0 Å². The molecule has 0 saturated carbocycles. The molecule has 7 heavy (non-hydrogen) atoms. The second kappa shape index (κ2) is 15.6. The molecular weight excluding hydrogens is 243 g/mol. The van der Waals surface area contributed by atoms with Crippen LogP contribution in [0.25, 0.3) is 0 Å². The van der Waals surface area contributed by atoms with Crippen LogP contribution in [0, 0.1) is 22.3 Å². The van der Waals surface area contributed by atoms with Crippen molar-refractivity contribution < 1.29 is 13.0 Å². The summed E-state index contributed by atoms with van der Waals surface area (Å²) in [6.45, 7) is 0. The molecule has 0 atom stereocenters. The number of hydrogen-bond acceptors (Lipinski definition) is 0.